The van der Waals surface area contributed by atoms with Crippen LogP contribution in [-0.4, -0.2) is 57.3 Å². The monoisotopic (exact) mass is 531 g/mol. The van der Waals surface area contributed by atoms with Crippen molar-refractivity contribution in [2.45, 2.75) is 44.9 Å². The van der Waals surface area contributed by atoms with Crippen molar-refractivity contribution in [1.29, 1.82) is 0 Å². The Labute approximate surface area is 227 Å². The summed E-state index contributed by atoms with van der Waals surface area (Å²) in [5, 5.41) is 29.1. The highest BCUT2D eigenvalue weighted by atomic mass is 16.5. The predicted molar refractivity (Wildman–Crippen MR) is 145 cm³/mol. The first kappa shape index (κ1) is 26.6. The summed E-state index contributed by atoms with van der Waals surface area (Å²) in [4.78, 5) is 29.1. The normalized spacial score (nSPS) is 19.5. The summed E-state index contributed by atoms with van der Waals surface area (Å²) < 4.78 is 7.12. The van der Waals surface area contributed by atoms with Gasteiger partial charge in [-0.25, -0.2) is 0 Å². The maximum atomic E-state index is 13.9. The molecule has 0 bridgehead atoms. The van der Waals surface area contributed by atoms with E-state index in [0.717, 1.165) is 16.9 Å². The minimum absolute atomic E-state index is 0.0234. The third kappa shape index (κ3) is 5.05. The van der Waals surface area contributed by atoms with Crippen LogP contribution < -0.4 is 14.5 Å². The Morgan fingerprint density at radius 1 is 1.21 bits per heavy atom. The number of nitrogens with zero attached hydrogens (tertiary/aromatic N) is 5. The number of aliphatic hydroxyl groups excluding tert-OH is 1. The molecule has 0 saturated carbocycles. The molecule has 10 heteroatoms. The Balaban J connectivity index is 1.36. The quantitative estimate of drug-likeness (QED) is 0.288. The van der Waals surface area contributed by atoms with Crippen molar-refractivity contribution in [3.05, 3.63) is 77.6 Å². The second kappa shape index (κ2) is 11.0. The summed E-state index contributed by atoms with van der Waals surface area (Å²) in [6, 6.07) is 12.9. The van der Waals surface area contributed by atoms with Crippen LogP contribution in [0.5, 0.6) is 5.75 Å². The predicted octanol–water partition coefficient (Wildman–Crippen LogP) is 2.58. The third-order valence-corrected chi connectivity index (χ3v) is 7.45. The maximum Gasteiger partial charge on any atom is 0.264 e. The summed E-state index contributed by atoms with van der Waals surface area (Å²) in [6.45, 7) is 3.38. The first-order valence-electron chi connectivity index (χ1n) is 13.1. The summed E-state index contributed by atoms with van der Waals surface area (Å²) in [6.07, 6.45) is 7.22. The molecule has 2 amide bonds. The number of aliphatic hydroxyl groups is 2. The molecule has 39 heavy (non-hydrogen) atoms. The lowest BCUT2D eigenvalue weighted by atomic mass is 9.83. The van der Waals surface area contributed by atoms with E-state index in [1.165, 1.54) is 0 Å². The number of β-lactam (4-membered cyclic amide) rings is 1. The third-order valence-electron chi connectivity index (χ3n) is 7.45. The van der Waals surface area contributed by atoms with E-state index in [0.29, 0.717) is 49.4 Å². The molecule has 0 radical (unpaired) electrons. The number of aromatic nitrogens is 3. The highest BCUT2D eigenvalue weighted by molar-refractivity contribution is 6.07. The molecule has 3 aromatic rings. The largest absolute Gasteiger partial charge is 0.497 e. The molecule has 2 aliphatic rings. The first-order chi connectivity index (χ1) is 18.8. The lowest BCUT2D eigenvalue weighted by molar-refractivity contribution is -0.139. The van der Waals surface area contributed by atoms with Crippen LogP contribution in [0.25, 0.3) is 0 Å². The Bertz CT molecular complexity index is 1400. The molecule has 2 N–H and O–H groups in total. The summed E-state index contributed by atoms with van der Waals surface area (Å²) >= 11 is 0. The van der Waals surface area contributed by atoms with Gasteiger partial charge >= 0.3 is 0 Å². The van der Waals surface area contributed by atoms with Crippen molar-refractivity contribution in [3.8, 4) is 5.75 Å². The van der Waals surface area contributed by atoms with E-state index in [1.54, 1.807) is 46.0 Å². The summed E-state index contributed by atoms with van der Waals surface area (Å²) in [7, 11) is 1.55. The first-order valence-corrected chi connectivity index (χ1v) is 13.1. The topological polar surface area (TPSA) is 121 Å². The number of benzene rings is 2. The fourth-order valence-electron chi connectivity index (χ4n) is 5.13. The van der Waals surface area contributed by atoms with E-state index in [1.807, 2.05) is 43.3 Å². The number of carbonyl (C=O) groups is 2. The second-order valence-electron chi connectivity index (χ2n) is 9.96. The van der Waals surface area contributed by atoms with Crippen LogP contribution >= 0.6 is 0 Å². The van der Waals surface area contributed by atoms with E-state index in [9.17, 15) is 14.7 Å². The molecule has 2 aromatic carbocycles. The van der Waals surface area contributed by atoms with E-state index >= 15 is 0 Å². The zero-order valence-electron chi connectivity index (χ0n) is 22.2. The van der Waals surface area contributed by atoms with Crippen molar-refractivity contribution in [2.24, 2.45) is 5.92 Å². The van der Waals surface area contributed by atoms with Gasteiger partial charge in [-0.2, -0.15) is 0 Å². The van der Waals surface area contributed by atoms with Crippen LogP contribution in [0.2, 0.25) is 0 Å². The number of fused-ring (bicyclic) bond motifs is 1. The van der Waals surface area contributed by atoms with Gasteiger partial charge in [-0.3, -0.25) is 14.3 Å². The number of allylic oxidation sites excluding steroid dienone is 1. The van der Waals surface area contributed by atoms with Gasteiger partial charge in [0.1, 0.15) is 5.75 Å². The van der Waals surface area contributed by atoms with Gasteiger partial charge in [-0.1, -0.05) is 36.4 Å². The maximum absolute atomic E-state index is 13.9. The standard InChI is InChI=1S/C29H33N5O5/c1-20(6-3-4-13-32-19-22(12-15-35)30-31-32)29(38)25-17-24(39-2)9-10-26(25)34(28(29)37)18-21-7-5-8-23(16-21)33-14-11-27(33)36/h3,5-10,16-17,19-20,35,38H,4,11-15,18H2,1-2H3/b6-3+/t20-,29+/m0/s1. The van der Waals surface area contributed by atoms with Gasteiger partial charge in [-0.15, -0.1) is 5.10 Å². The Hall–Kier alpha value is -4.02. The highest BCUT2D eigenvalue weighted by Gasteiger charge is 2.52. The fourth-order valence-corrected chi connectivity index (χ4v) is 5.13. The zero-order chi connectivity index (χ0) is 27.6. The molecule has 0 unspecified atom stereocenters. The Morgan fingerprint density at radius 3 is 2.77 bits per heavy atom. The lowest BCUT2D eigenvalue weighted by Crippen LogP contribution is -2.44. The molecule has 0 spiro atoms. The average Bonchev–Trinajstić information content (AvgIpc) is 3.47. The minimum atomic E-state index is -1.77. The lowest BCUT2D eigenvalue weighted by Gasteiger charge is -2.31. The summed E-state index contributed by atoms with van der Waals surface area (Å²) in [5.74, 6) is -0.280. The number of carbonyl (C=O) groups excluding carboxylic acids is 2. The number of ether oxygens (including phenoxy) is 1. The molecule has 2 atom stereocenters. The molecule has 1 saturated heterocycles. The van der Waals surface area contributed by atoms with Gasteiger partial charge in [-0.05, 0) is 42.3 Å². The van der Waals surface area contributed by atoms with Gasteiger partial charge in [0.05, 0.1) is 25.0 Å². The van der Waals surface area contributed by atoms with Gasteiger partial charge in [0.25, 0.3) is 5.91 Å². The average molecular weight is 532 g/mol. The number of hydrogen-bond acceptors (Lipinski definition) is 7. The molecular formula is C29H33N5O5. The number of methoxy groups -OCH3 is 1. The van der Waals surface area contributed by atoms with Crippen molar-refractivity contribution in [1.82, 2.24) is 15.0 Å². The van der Waals surface area contributed by atoms with E-state index < -0.39 is 17.4 Å². The highest BCUT2D eigenvalue weighted by Crippen LogP contribution is 2.47. The number of aryl methyl sites for hydroxylation is 1. The van der Waals surface area contributed by atoms with Gasteiger partial charge < -0.3 is 24.7 Å². The molecular weight excluding hydrogens is 498 g/mol. The van der Waals surface area contributed by atoms with Gasteiger partial charge in [0.15, 0.2) is 5.60 Å². The molecule has 5 rings (SSSR count). The van der Waals surface area contributed by atoms with E-state index in [-0.39, 0.29) is 19.1 Å². The Kier molecular flexibility index (Phi) is 7.49. The zero-order valence-corrected chi connectivity index (χ0v) is 22.2. The van der Waals surface area contributed by atoms with Crippen molar-refractivity contribution >= 4 is 23.2 Å². The smallest absolute Gasteiger partial charge is 0.264 e. The molecule has 204 valence electrons. The van der Waals surface area contributed by atoms with Gasteiger partial charge in [0, 0.05) is 55.9 Å². The molecule has 0 aliphatic carbocycles. The molecule has 10 nitrogen and oxygen atoms in total. The fraction of sp³-hybridized carbons (Fsp3) is 0.379. The minimum Gasteiger partial charge on any atom is -0.497 e. The summed E-state index contributed by atoms with van der Waals surface area (Å²) in [5.41, 5.74) is 1.77. The van der Waals surface area contributed by atoms with Crippen LogP contribution in [-0.2, 0) is 34.7 Å². The van der Waals surface area contributed by atoms with Crippen LogP contribution in [0.4, 0.5) is 11.4 Å². The van der Waals surface area contributed by atoms with Crippen LogP contribution in [0.1, 0.15) is 36.6 Å². The second-order valence-corrected chi connectivity index (χ2v) is 9.96. The van der Waals surface area contributed by atoms with Crippen LogP contribution in [0.3, 0.4) is 0 Å². The van der Waals surface area contributed by atoms with Crippen LogP contribution in [0, 0.1) is 5.92 Å². The molecule has 1 fully saturated rings. The Morgan fingerprint density at radius 2 is 2.05 bits per heavy atom. The number of amides is 2. The number of anilines is 2. The SMILES string of the molecule is COc1ccc2c(c1)[C@](O)([C@@H](C)/C=C/CCn1cc(CCO)nn1)C(=O)N2Cc1cccc(N2CCC2=O)c1. The van der Waals surface area contributed by atoms with Gasteiger partial charge in [0.2, 0.25) is 5.91 Å². The van der Waals surface area contributed by atoms with Crippen molar-refractivity contribution in [2.75, 3.05) is 30.1 Å². The van der Waals surface area contributed by atoms with E-state index in [4.69, 9.17) is 9.84 Å². The van der Waals surface area contributed by atoms with Crippen molar-refractivity contribution < 1.29 is 24.5 Å². The van der Waals surface area contributed by atoms with Crippen LogP contribution in [0.15, 0.2) is 60.8 Å². The van der Waals surface area contributed by atoms with E-state index in [2.05, 4.69) is 10.3 Å². The molecule has 2 aliphatic heterocycles. The molecule has 1 aromatic heterocycles. The molecule has 3 heterocycles. The van der Waals surface area contributed by atoms with Crippen molar-refractivity contribution in [3.63, 3.8) is 0 Å². The number of rotatable bonds is 11. The number of hydrogen-bond donors (Lipinski definition) is 2.